The van der Waals surface area contributed by atoms with E-state index in [4.69, 9.17) is 23.2 Å². The van der Waals surface area contributed by atoms with E-state index >= 15 is 0 Å². The van der Waals surface area contributed by atoms with Gasteiger partial charge in [0.15, 0.2) is 0 Å². The van der Waals surface area contributed by atoms with Crippen molar-refractivity contribution in [2.75, 3.05) is 6.54 Å². The van der Waals surface area contributed by atoms with Gasteiger partial charge in [-0.25, -0.2) is 4.98 Å². The number of halogens is 2. The smallest absolute Gasteiger partial charge is 0.0940 e. The second-order valence-electron chi connectivity index (χ2n) is 4.29. The number of aromatic nitrogens is 1. The zero-order valence-corrected chi connectivity index (χ0v) is 13.0. The molecule has 2 rings (SSSR count). The van der Waals surface area contributed by atoms with Gasteiger partial charge in [0, 0.05) is 34.1 Å². The molecule has 5 heteroatoms. The van der Waals surface area contributed by atoms with Crippen LogP contribution in [-0.2, 0) is 12.8 Å². The number of rotatable bonds is 6. The van der Waals surface area contributed by atoms with E-state index in [-0.39, 0.29) is 0 Å². The van der Waals surface area contributed by atoms with Crippen molar-refractivity contribution in [2.24, 2.45) is 0 Å². The van der Waals surface area contributed by atoms with E-state index in [1.807, 2.05) is 29.8 Å². The molecule has 0 bridgehead atoms. The molecule has 0 spiro atoms. The first-order valence-electron chi connectivity index (χ1n) is 6.25. The predicted octanol–water partition coefficient (Wildman–Crippen LogP) is 4.21. The molecule has 1 atom stereocenters. The van der Waals surface area contributed by atoms with E-state index < -0.39 is 0 Å². The fourth-order valence-electron chi connectivity index (χ4n) is 2.04. The van der Waals surface area contributed by atoms with Gasteiger partial charge in [-0.1, -0.05) is 36.2 Å². The minimum atomic E-state index is 0.300. The molecule has 102 valence electrons. The molecule has 1 N–H and O–H groups in total. The van der Waals surface area contributed by atoms with E-state index in [1.165, 1.54) is 0 Å². The van der Waals surface area contributed by atoms with Gasteiger partial charge in [-0.3, -0.25) is 0 Å². The fraction of sp³-hybridized carbons (Fsp3) is 0.357. The molecule has 0 aliphatic heterocycles. The maximum absolute atomic E-state index is 6.23. The molecule has 1 heterocycles. The zero-order valence-electron chi connectivity index (χ0n) is 10.7. The highest BCUT2D eigenvalue weighted by Crippen LogP contribution is 2.26. The molecule has 0 saturated carbocycles. The highest BCUT2D eigenvalue weighted by molar-refractivity contribution is 7.09. The van der Waals surface area contributed by atoms with Crippen LogP contribution >= 0.6 is 34.5 Å². The lowest BCUT2D eigenvalue weighted by Crippen LogP contribution is -2.33. The topological polar surface area (TPSA) is 24.9 Å². The van der Waals surface area contributed by atoms with Gasteiger partial charge in [0.05, 0.1) is 5.01 Å². The van der Waals surface area contributed by atoms with Crippen LogP contribution in [0.2, 0.25) is 10.0 Å². The Morgan fingerprint density at radius 2 is 2.00 bits per heavy atom. The van der Waals surface area contributed by atoms with Crippen LogP contribution < -0.4 is 5.32 Å². The lowest BCUT2D eigenvalue weighted by molar-refractivity contribution is 0.520. The summed E-state index contributed by atoms with van der Waals surface area (Å²) in [6.45, 7) is 3.02. The summed E-state index contributed by atoms with van der Waals surface area (Å²) < 4.78 is 0. The summed E-state index contributed by atoms with van der Waals surface area (Å²) in [6, 6.07) is 5.94. The normalized spacial score (nSPS) is 12.6. The van der Waals surface area contributed by atoms with Gasteiger partial charge >= 0.3 is 0 Å². The Labute approximate surface area is 127 Å². The number of hydrogen-bond donors (Lipinski definition) is 1. The molecule has 0 amide bonds. The molecule has 0 aliphatic rings. The average Bonchev–Trinajstić information content (AvgIpc) is 2.87. The Morgan fingerprint density at radius 3 is 2.58 bits per heavy atom. The number of nitrogens with zero attached hydrogens (tertiary/aromatic N) is 1. The third-order valence-corrected chi connectivity index (χ3v) is 4.42. The monoisotopic (exact) mass is 314 g/mol. The molecule has 2 nitrogen and oxygen atoms in total. The predicted molar refractivity (Wildman–Crippen MR) is 83.4 cm³/mol. The van der Waals surface area contributed by atoms with Gasteiger partial charge in [0.25, 0.3) is 0 Å². The molecule has 19 heavy (non-hydrogen) atoms. The Kier molecular flexibility index (Phi) is 5.64. The third-order valence-electron chi connectivity index (χ3n) is 2.91. The molecule has 0 saturated heterocycles. The molecule has 1 aromatic carbocycles. The van der Waals surface area contributed by atoms with Crippen LogP contribution in [-0.4, -0.2) is 17.6 Å². The summed E-state index contributed by atoms with van der Waals surface area (Å²) in [5, 5.41) is 8.07. The quantitative estimate of drug-likeness (QED) is 0.863. The maximum Gasteiger partial charge on any atom is 0.0940 e. The summed E-state index contributed by atoms with van der Waals surface area (Å²) in [7, 11) is 0. The SMILES string of the molecule is CCNC(Cc1nccs1)Cc1c(Cl)cccc1Cl. The first-order valence-corrected chi connectivity index (χ1v) is 7.89. The summed E-state index contributed by atoms with van der Waals surface area (Å²) in [4.78, 5) is 4.34. The van der Waals surface area contributed by atoms with E-state index in [1.54, 1.807) is 11.3 Å². The van der Waals surface area contributed by atoms with Crippen LogP contribution in [0.3, 0.4) is 0 Å². The van der Waals surface area contributed by atoms with Gasteiger partial charge in [-0.15, -0.1) is 11.3 Å². The standard InChI is InChI=1S/C14H16Cl2N2S/c1-2-17-10(9-14-18-6-7-19-14)8-11-12(15)4-3-5-13(11)16/h3-7,10,17H,2,8-9H2,1H3. The van der Waals surface area contributed by atoms with Crippen LogP contribution in [0.15, 0.2) is 29.8 Å². The second kappa shape index (κ2) is 7.25. The Hall–Kier alpha value is -0.610. The minimum absolute atomic E-state index is 0.300. The highest BCUT2D eigenvalue weighted by atomic mass is 35.5. The van der Waals surface area contributed by atoms with Crippen LogP contribution in [0, 0.1) is 0 Å². The molecule has 2 aromatic rings. The Morgan fingerprint density at radius 1 is 1.26 bits per heavy atom. The third kappa shape index (κ3) is 4.18. The Bertz CT molecular complexity index is 494. The molecule has 0 aliphatic carbocycles. The van der Waals surface area contributed by atoms with Gasteiger partial charge in [-0.2, -0.15) is 0 Å². The average molecular weight is 315 g/mol. The Balaban J connectivity index is 2.12. The van der Waals surface area contributed by atoms with Crippen molar-refractivity contribution >= 4 is 34.5 Å². The van der Waals surface area contributed by atoms with Crippen molar-refractivity contribution in [3.05, 3.63) is 50.4 Å². The summed E-state index contributed by atoms with van der Waals surface area (Å²) in [5.41, 5.74) is 1.01. The van der Waals surface area contributed by atoms with Crippen molar-refractivity contribution in [2.45, 2.75) is 25.8 Å². The number of likely N-dealkylation sites (N-methyl/N-ethyl adjacent to an activating group) is 1. The first-order chi connectivity index (χ1) is 9.20. The van der Waals surface area contributed by atoms with Gasteiger partial charge < -0.3 is 5.32 Å². The summed E-state index contributed by atoms with van der Waals surface area (Å²) in [5.74, 6) is 0. The van der Waals surface area contributed by atoms with Crippen molar-refractivity contribution in [3.63, 3.8) is 0 Å². The van der Waals surface area contributed by atoms with Crippen molar-refractivity contribution in [1.82, 2.24) is 10.3 Å². The van der Waals surface area contributed by atoms with E-state index in [2.05, 4.69) is 17.2 Å². The molecule has 1 aromatic heterocycles. The maximum atomic E-state index is 6.23. The lowest BCUT2D eigenvalue weighted by atomic mass is 10.0. The number of nitrogens with one attached hydrogen (secondary N) is 1. The molecule has 0 fully saturated rings. The highest BCUT2D eigenvalue weighted by Gasteiger charge is 2.15. The first kappa shape index (κ1) is 14.8. The van der Waals surface area contributed by atoms with Crippen LogP contribution in [0.4, 0.5) is 0 Å². The van der Waals surface area contributed by atoms with Crippen molar-refractivity contribution in [1.29, 1.82) is 0 Å². The van der Waals surface area contributed by atoms with Crippen LogP contribution in [0.1, 0.15) is 17.5 Å². The number of benzene rings is 1. The molecular weight excluding hydrogens is 299 g/mol. The van der Waals surface area contributed by atoms with Gasteiger partial charge in [-0.05, 0) is 30.7 Å². The fourth-order valence-corrected chi connectivity index (χ4v) is 3.29. The van der Waals surface area contributed by atoms with Gasteiger partial charge in [0.1, 0.15) is 0 Å². The van der Waals surface area contributed by atoms with Crippen molar-refractivity contribution < 1.29 is 0 Å². The summed E-state index contributed by atoms with van der Waals surface area (Å²) in [6.07, 6.45) is 3.55. The summed E-state index contributed by atoms with van der Waals surface area (Å²) >= 11 is 14.1. The lowest BCUT2D eigenvalue weighted by Gasteiger charge is -2.18. The molecular formula is C14H16Cl2N2S. The molecule has 0 radical (unpaired) electrons. The number of thiazole rings is 1. The minimum Gasteiger partial charge on any atom is -0.314 e. The van der Waals surface area contributed by atoms with E-state index in [9.17, 15) is 0 Å². The van der Waals surface area contributed by atoms with Crippen molar-refractivity contribution in [3.8, 4) is 0 Å². The van der Waals surface area contributed by atoms with Crippen LogP contribution in [0.25, 0.3) is 0 Å². The van der Waals surface area contributed by atoms with Crippen LogP contribution in [0.5, 0.6) is 0 Å². The van der Waals surface area contributed by atoms with E-state index in [0.29, 0.717) is 6.04 Å². The second-order valence-corrected chi connectivity index (χ2v) is 6.08. The zero-order chi connectivity index (χ0) is 13.7. The van der Waals surface area contributed by atoms with Gasteiger partial charge in [0.2, 0.25) is 0 Å². The largest absolute Gasteiger partial charge is 0.314 e. The molecule has 1 unspecified atom stereocenters. The van der Waals surface area contributed by atoms with E-state index in [0.717, 1.165) is 40.0 Å². The number of hydrogen-bond acceptors (Lipinski definition) is 3.